The third kappa shape index (κ3) is 5.89. The Hall–Kier alpha value is -2.25. The molecule has 0 aliphatic carbocycles. The van der Waals surface area contributed by atoms with E-state index in [1.54, 1.807) is 21.3 Å². The van der Waals surface area contributed by atoms with E-state index in [-0.39, 0.29) is 5.91 Å². The number of carbonyl (C=O) groups is 1. The third-order valence-electron chi connectivity index (χ3n) is 5.56. The van der Waals surface area contributed by atoms with E-state index in [2.05, 4.69) is 27.7 Å². The number of ether oxygens (including phenoxy) is 3. The average molecular weight is 433 g/mol. The Labute approximate surface area is 183 Å². The van der Waals surface area contributed by atoms with E-state index in [9.17, 15) is 4.79 Å². The lowest BCUT2D eigenvalue weighted by molar-refractivity contribution is -0.121. The normalized spacial score (nSPS) is 16.8. The molecule has 6 nitrogen and oxygen atoms in total. The van der Waals surface area contributed by atoms with Crippen molar-refractivity contribution in [3.05, 3.63) is 40.1 Å². The van der Waals surface area contributed by atoms with Crippen LogP contribution >= 0.6 is 11.3 Å². The summed E-state index contributed by atoms with van der Waals surface area (Å²) >= 11 is 1.81. The van der Waals surface area contributed by atoms with Crippen LogP contribution in [0.2, 0.25) is 0 Å². The Morgan fingerprint density at radius 3 is 2.70 bits per heavy atom. The monoisotopic (exact) mass is 432 g/mol. The van der Waals surface area contributed by atoms with E-state index in [0.717, 1.165) is 31.7 Å². The van der Waals surface area contributed by atoms with Crippen LogP contribution in [0, 0.1) is 5.92 Å². The number of methoxy groups -OCH3 is 3. The van der Waals surface area contributed by atoms with Crippen LogP contribution in [0.5, 0.6) is 17.2 Å². The molecule has 2 aromatic rings. The summed E-state index contributed by atoms with van der Waals surface area (Å²) in [6, 6.07) is 8.07. The second-order valence-electron chi connectivity index (χ2n) is 7.62. The van der Waals surface area contributed by atoms with Crippen molar-refractivity contribution >= 4 is 17.2 Å². The van der Waals surface area contributed by atoms with E-state index in [1.807, 2.05) is 23.5 Å². The zero-order chi connectivity index (χ0) is 21.3. The molecule has 1 aromatic heterocycles. The predicted octanol–water partition coefficient (Wildman–Crippen LogP) is 3.73. The van der Waals surface area contributed by atoms with E-state index >= 15 is 0 Å². The van der Waals surface area contributed by atoms with Gasteiger partial charge in [-0.2, -0.15) is 0 Å². The number of likely N-dealkylation sites (tertiary alicyclic amines) is 1. The molecule has 1 N–H and O–H groups in total. The second-order valence-corrected chi connectivity index (χ2v) is 8.65. The highest BCUT2D eigenvalue weighted by Gasteiger charge is 2.21. The Balaban J connectivity index is 1.47. The minimum absolute atomic E-state index is 0.0715. The lowest BCUT2D eigenvalue weighted by atomic mass is 9.97. The summed E-state index contributed by atoms with van der Waals surface area (Å²) in [4.78, 5) is 16.4. The highest BCUT2D eigenvalue weighted by Crippen LogP contribution is 2.40. The second kappa shape index (κ2) is 11.2. The van der Waals surface area contributed by atoms with Crippen molar-refractivity contribution in [2.45, 2.75) is 32.2 Å². The van der Waals surface area contributed by atoms with E-state index in [1.165, 1.54) is 17.7 Å². The first-order valence-corrected chi connectivity index (χ1v) is 11.3. The first-order chi connectivity index (χ1) is 14.6. The number of nitrogens with one attached hydrogen (secondary N) is 1. The van der Waals surface area contributed by atoms with Crippen LogP contribution in [0.4, 0.5) is 0 Å². The van der Waals surface area contributed by atoms with Gasteiger partial charge in [-0.3, -0.25) is 9.69 Å². The Morgan fingerprint density at radius 2 is 2.00 bits per heavy atom. The zero-order valence-electron chi connectivity index (χ0n) is 18.1. The molecule has 1 amide bonds. The number of rotatable bonds is 10. The van der Waals surface area contributed by atoms with Gasteiger partial charge in [0.05, 0.1) is 21.3 Å². The molecule has 0 radical (unpaired) electrons. The summed E-state index contributed by atoms with van der Waals surface area (Å²) in [5.74, 6) is 2.39. The molecule has 3 rings (SSSR count). The van der Waals surface area contributed by atoms with Gasteiger partial charge in [0.15, 0.2) is 11.5 Å². The average Bonchev–Trinajstić information content (AvgIpc) is 3.28. The molecular formula is C23H32N2O4S. The summed E-state index contributed by atoms with van der Waals surface area (Å²) in [6.07, 6.45) is 3.36. The Bertz CT molecular complexity index is 810. The molecule has 1 aliphatic rings. The van der Waals surface area contributed by atoms with Crippen LogP contribution in [0.15, 0.2) is 29.6 Å². The minimum Gasteiger partial charge on any atom is -0.493 e. The van der Waals surface area contributed by atoms with Gasteiger partial charge in [0.2, 0.25) is 11.7 Å². The van der Waals surface area contributed by atoms with E-state index in [4.69, 9.17) is 14.2 Å². The lowest BCUT2D eigenvalue weighted by Gasteiger charge is -2.32. The molecule has 2 heterocycles. The summed E-state index contributed by atoms with van der Waals surface area (Å²) in [6.45, 7) is 3.94. The fourth-order valence-corrected chi connectivity index (χ4v) is 4.79. The molecule has 1 atom stereocenters. The molecule has 1 saturated heterocycles. The van der Waals surface area contributed by atoms with Gasteiger partial charge in [0, 0.05) is 30.9 Å². The van der Waals surface area contributed by atoms with E-state index in [0.29, 0.717) is 36.0 Å². The van der Waals surface area contributed by atoms with Crippen LogP contribution in [0.1, 0.15) is 29.7 Å². The van der Waals surface area contributed by atoms with Gasteiger partial charge in [-0.05, 0) is 54.8 Å². The van der Waals surface area contributed by atoms with Crippen LogP contribution < -0.4 is 19.5 Å². The van der Waals surface area contributed by atoms with Gasteiger partial charge in [0.25, 0.3) is 0 Å². The number of amides is 1. The number of hydrogen-bond acceptors (Lipinski definition) is 6. The molecule has 164 valence electrons. The summed E-state index contributed by atoms with van der Waals surface area (Å²) < 4.78 is 16.3. The first-order valence-electron chi connectivity index (χ1n) is 10.4. The maximum Gasteiger partial charge on any atom is 0.220 e. The van der Waals surface area contributed by atoms with Gasteiger partial charge < -0.3 is 19.5 Å². The third-order valence-corrected chi connectivity index (χ3v) is 6.42. The summed E-state index contributed by atoms with van der Waals surface area (Å²) in [5, 5.41) is 5.26. The van der Waals surface area contributed by atoms with Crippen LogP contribution in [0.25, 0.3) is 0 Å². The standard InChI is InChI=1S/C23H32N2O4S/c1-27-20-10-8-18(22(28-2)23(20)29-3)9-11-21(26)24-14-17-6-4-12-25(15-17)16-19-7-5-13-30-19/h5,7-8,10,13,17H,4,6,9,11-12,14-16H2,1-3H3,(H,24,26). The van der Waals surface area contributed by atoms with Crippen molar-refractivity contribution in [2.75, 3.05) is 41.0 Å². The van der Waals surface area contributed by atoms with E-state index < -0.39 is 0 Å². The molecule has 0 spiro atoms. The molecule has 7 heteroatoms. The Kier molecular flexibility index (Phi) is 8.39. The van der Waals surface area contributed by atoms with Gasteiger partial charge in [-0.15, -0.1) is 11.3 Å². The van der Waals surface area contributed by atoms with Gasteiger partial charge >= 0.3 is 0 Å². The smallest absolute Gasteiger partial charge is 0.220 e. The molecule has 1 fully saturated rings. The molecule has 1 unspecified atom stereocenters. The molecule has 1 aliphatic heterocycles. The van der Waals surface area contributed by atoms with Crippen molar-refractivity contribution in [1.29, 1.82) is 0 Å². The summed E-state index contributed by atoms with van der Waals surface area (Å²) in [5.41, 5.74) is 0.935. The maximum atomic E-state index is 12.5. The fourth-order valence-electron chi connectivity index (χ4n) is 4.04. The van der Waals surface area contributed by atoms with Crippen molar-refractivity contribution in [3.8, 4) is 17.2 Å². The van der Waals surface area contributed by atoms with Gasteiger partial charge in [-0.1, -0.05) is 12.1 Å². The predicted molar refractivity (Wildman–Crippen MR) is 120 cm³/mol. The molecular weight excluding hydrogens is 400 g/mol. The number of benzene rings is 1. The van der Waals surface area contributed by atoms with Gasteiger partial charge in [0.1, 0.15) is 0 Å². The number of aryl methyl sites for hydroxylation is 1. The number of nitrogens with zero attached hydrogens (tertiary/aromatic N) is 1. The highest BCUT2D eigenvalue weighted by atomic mass is 32.1. The van der Waals surface area contributed by atoms with Crippen LogP contribution in [-0.4, -0.2) is 51.8 Å². The quantitative estimate of drug-likeness (QED) is 0.620. The largest absolute Gasteiger partial charge is 0.493 e. The van der Waals surface area contributed by atoms with Crippen LogP contribution in [-0.2, 0) is 17.8 Å². The van der Waals surface area contributed by atoms with Crippen molar-refractivity contribution in [1.82, 2.24) is 10.2 Å². The van der Waals surface area contributed by atoms with Crippen LogP contribution in [0.3, 0.4) is 0 Å². The number of piperidine rings is 1. The molecule has 1 aromatic carbocycles. The molecule has 30 heavy (non-hydrogen) atoms. The van der Waals surface area contributed by atoms with Crippen molar-refractivity contribution in [2.24, 2.45) is 5.92 Å². The molecule has 0 saturated carbocycles. The minimum atomic E-state index is 0.0715. The molecule has 0 bridgehead atoms. The number of hydrogen-bond donors (Lipinski definition) is 1. The summed E-state index contributed by atoms with van der Waals surface area (Å²) in [7, 11) is 4.78. The zero-order valence-corrected chi connectivity index (χ0v) is 18.9. The maximum absolute atomic E-state index is 12.5. The van der Waals surface area contributed by atoms with Crippen molar-refractivity contribution in [3.63, 3.8) is 0 Å². The SMILES string of the molecule is COc1ccc(CCC(=O)NCC2CCCN(Cc3cccs3)C2)c(OC)c1OC. The Morgan fingerprint density at radius 1 is 1.17 bits per heavy atom. The number of thiophene rings is 1. The topological polar surface area (TPSA) is 60.0 Å². The lowest BCUT2D eigenvalue weighted by Crippen LogP contribution is -2.40. The van der Waals surface area contributed by atoms with Gasteiger partial charge in [-0.25, -0.2) is 0 Å². The first kappa shape index (κ1) is 22.4. The highest BCUT2D eigenvalue weighted by molar-refractivity contribution is 7.09. The fraction of sp³-hybridized carbons (Fsp3) is 0.522. The number of carbonyl (C=O) groups excluding carboxylic acids is 1. The van der Waals surface area contributed by atoms with Crippen molar-refractivity contribution < 1.29 is 19.0 Å².